The van der Waals surface area contributed by atoms with Crippen molar-refractivity contribution in [3.63, 3.8) is 0 Å². The van der Waals surface area contributed by atoms with Gasteiger partial charge in [-0.3, -0.25) is 9.59 Å². The number of carbonyl (C=O) groups excluding carboxylic acids is 3. The Kier molecular flexibility index (Phi) is 8.52. The fourth-order valence-corrected chi connectivity index (χ4v) is 1.38. The minimum atomic E-state index is -0.702. The summed E-state index contributed by atoms with van der Waals surface area (Å²) in [7, 11) is 0. The SMILES string of the molecule is CCOC(=O)C(NC(=O)CNC(=O)CN)C(C)CC. The summed E-state index contributed by atoms with van der Waals surface area (Å²) in [6.07, 6.45) is 0.721. The van der Waals surface area contributed by atoms with E-state index in [1.54, 1.807) is 6.92 Å². The number of esters is 1. The molecule has 0 aliphatic rings. The molecule has 0 aromatic heterocycles. The lowest BCUT2D eigenvalue weighted by molar-refractivity contribution is -0.148. The second kappa shape index (κ2) is 9.32. The molecule has 2 atom stereocenters. The third-order valence-corrected chi connectivity index (χ3v) is 2.70. The smallest absolute Gasteiger partial charge is 0.328 e. The Morgan fingerprint density at radius 3 is 2.32 bits per heavy atom. The molecule has 19 heavy (non-hydrogen) atoms. The molecule has 110 valence electrons. The number of hydrogen-bond donors (Lipinski definition) is 3. The Bertz CT molecular complexity index is 320. The van der Waals surface area contributed by atoms with Gasteiger partial charge in [0.1, 0.15) is 6.04 Å². The second-order valence-corrected chi connectivity index (χ2v) is 4.16. The van der Waals surface area contributed by atoms with E-state index in [4.69, 9.17) is 10.5 Å². The molecular formula is C12H23N3O4. The Morgan fingerprint density at radius 1 is 1.21 bits per heavy atom. The van der Waals surface area contributed by atoms with Crippen molar-refractivity contribution < 1.29 is 19.1 Å². The molecule has 7 nitrogen and oxygen atoms in total. The van der Waals surface area contributed by atoms with E-state index < -0.39 is 23.8 Å². The van der Waals surface area contributed by atoms with Crippen molar-refractivity contribution in [2.75, 3.05) is 19.7 Å². The molecule has 2 amide bonds. The van der Waals surface area contributed by atoms with Crippen LogP contribution in [0.15, 0.2) is 0 Å². The first-order valence-corrected chi connectivity index (χ1v) is 6.38. The third kappa shape index (κ3) is 6.76. The minimum absolute atomic E-state index is 0.0480. The highest BCUT2D eigenvalue weighted by Gasteiger charge is 2.26. The van der Waals surface area contributed by atoms with Crippen LogP contribution in [0.2, 0.25) is 0 Å². The maximum Gasteiger partial charge on any atom is 0.328 e. The lowest BCUT2D eigenvalue weighted by Crippen LogP contribution is -2.49. The van der Waals surface area contributed by atoms with Crippen LogP contribution in [0.3, 0.4) is 0 Å². The number of rotatable bonds is 8. The molecule has 0 aromatic rings. The molecule has 0 fully saturated rings. The van der Waals surface area contributed by atoms with Gasteiger partial charge in [0, 0.05) is 0 Å². The van der Waals surface area contributed by atoms with Gasteiger partial charge in [0.2, 0.25) is 11.8 Å². The number of nitrogens with one attached hydrogen (secondary N) is 2. The summed E-state index contributed by atoms with van der Waals surface area (Å²) in [5.41, 5.74) is 5.10. The molecule has 2 unspecified atom stereocenters. The molecule has 0 rings (SSSR count). The number of nitrogens with two attached hydrogens (primary N) is 1. The predicted molar refractivity (Wildman–Crippen MR) is 70.1 cm³/mol. The van der Waals surface area contributed by atoms with Gasteiger partial charge in [-0.05, 0) is 12.8 Å². The van der Waals surface area contributed by atoms with Crippen molar-refractivity contribution in [2.24, 2.45) is 11.7 Å². The van der Waals surface area contributed by atoms with Gasteiger partial charge in [-0.1, -0.05) is 20.3 Å². The highest BCUT2D eigenvalue weighted by molar-refractivity contribution is 5.88. The van der Waals surface area contributed by atoms with Crippen LogP contribution in [0.4, 0.5) is 0 Å². The van der Waals surface area contributed by atoms with Crippen LogP contribution in [0, 0.1) is 5.92 Å². The minimum Gasteiger partial charge on any atom is -0.464 e. The summed E-state index contributed by atoms with van der Waals surface area (Å²) in [6.45, 7) is 5.34. The van der Waals surface area contributed by atoms with Crippen LogP contribution in [-0.4, -0.2) is 43.5 Å². The van der Waals surface area contributed by atoms with Crippen molar-refractivity contribution in [1.82, 2.24) is 10.6 Å². The summed E-state index contributed by atoms with van der Waals surface area (Å²) in [5.74, 6) is -1.38. The Hall–Kier alpha value is -1.63. The van der Waals surface area contributed by atoms with E-state index in [1.165, 1.54) is 0 Å². The van der Waals surface area contributed by atoms with Crippen molar-refractivity contribution in [1.29, 1.82) is 0 Å². The molecule has 0 saturated heterocycles. The number of hydrogen-bond acceptors (Lipinski definition) is 5. The largest absolute Gasteiger partial charge is 0.464 e. The van der Waals surface area contributed by atoms with Crippen LogP contribution in [-0.2, 0) is 19.1 Å². The van der Waals surface area contributed by atoms with Gasteiger partial charge in [-0.15, -0.1) is 0 Å². The van der Waals surface area contributed by atoms with Crippen molar-refractivity contribution >= 4 is 17.8 Å². The van der Waals surface area contributed by atoms with Gasteiger partial charge < -0.3 is 21.1 Å². The monoisotopic (exact) mass is 273 g/mol. The normalized spacial score (nSPS) is 13.3. The molecule has 0 aliphatic heterocycles. The fourth-order valence-electron chi connectivity index (χ4n) is 1.38. The lowest BCUT2D eigenvalue weighted by atomic mass is 9.99. The van der Waals surface area contributed by atoms with E-state index in [9.17, 15) is 14.4 Å². The van der Waals surface area contributed by atoms with Crippen LogP contribution in [0.1, 0.15) is 27.2 Å². The van der Waals surface area contributed by atoms with Crippen molar-refractivity contribution in [2.45, 2.75) is 33.2 Å². The zero-order chi connectivity index (χ0) is 14.8. The first kappa shape index (κ1) is 17.4. The summed E-state index contributed by atoms with van der Waals surface area (Å²) in [4.78, 5) is 34.3. The highest BCUT2D eigenvalue weighted by Crippen LogP contribution is 2.09. The van der Waals surface area contributed by atoms with Gasteiger partial charge in [0.05, 0.1) is 19.7 Å². The molecular weight excluding hydrogens is 250 g/mol. The van der Waals surface area contributed by atoms with E-state index in [-0.39, 0.29) is 25.6 Å². The maximum atomic E-state index is 11.7. The molecule has 0 saturated carbocycles. The average Bonchev–Trinajstić information content (AvgIpc) is 2.41. The zero-order valence-corrected chi connectivity index (χ0v) is 11.7. The fraction of sp³-hybridized carbons (Fsp3) is 0.750. The molecule has 0 aliphatic carbocycles. The number of ether oxygens (including phenoxy) is 1. The topological polar surface area (TPSA) is 111 Å². The second-order valence-electron chi connectivity index (χ2n) is 4.16. The Morgan fingerprint density at radius 2 is 1.84 bits per heavy atom. The summed E-state index contributed by atoms with van der Waals surface area (Å²) in [6, 6.07) is -0.702. The summed E-state index contributed by atoms with van der Waals surface area (Å²) in [5, 5.41) is 4.90. The predicted octanol–water partition coefficient (Wildman–Crippen LogP) is -0.845. The quantitative estimate of drug-likeness (QED) is 0.499. The molecule has 7 heteroatoms. The van der Waals surface area contributed by atoms with E-state index in [0.29, 0.717) is 0 Å². The number of carbonyl (C=O) groups is 3. The molecule has 0 radical (unpaired) electrons. The van der Waals surface area contributed by atoms with Gasteiger partial charge in [0.25, 0.3) is 0 Å². The maximum absolute atomic E-state index is 11.7. The molecule has 4 N–H and O–H groups in total. The van der Waals surface area contributed by atoms with Crippen molar-refractivity contribution in [3.05, 3.63) is 0 Å². The third-order valence-electron chi connectivity index (χ3n) is 2.70. The van der Waals surface area contributed by atoms with Gasteiger partial charge in [-0.2, -0.15) is 0 Å². The van der Waals surface area contributed by atoms with Gasteiger partial charge in [-0.25, -0.2) is 4.79 Å². The molecule has 0 heterocycles. The average molecular weight is 273 g/mol. The van der Waals surface area contributed by atoms with E-state index in [0.717, 1.165) is 6.42 Å². The Labute approximate surface area is 113 Å². The first-order valence-electron chi connectivity index (χ1n) is 6.38. The lowest BCUT2D eigenvalue weighted by Gasteiger charge is -2.22. The van der Waals surface area contributed by atoms with Crippen LogP contribution >= 0.6 is 0 Å². The van der Waals surface area contributed by atoms with Crippen molar-refractivity contribution in [3.8, 4) is 0 Å². The first-order chi connectivity index (χ1) is 8.96. The van der Waals surface area contributed by atoms with Crippen LogP contribution < -0.4 is 16.4 Å². The number of amides is 2. The zero-order valence-electron chi connectivity index (χ0n) is 11.7. The Balaban J connectivity index is 4.43. The summed E-state index contributed by atoms with van der Waals surface area (Å²) >= 11 is 0. The molecule has 0 spiro atoms. The highest BCUT2D eigenvalue weighted by atomic mass is 16.5. The molecule has 0 aromatic carbocycles. The van der Waals surface area contributed by atoms with E-state index in [1.807, 2.05) is 13.8 Å². The standard InChI is InChI=1S/C12H23N3O4/c1-4-8(3)11(12(18)19-5-2)15-10(17)7-14-9(16)6-13/h8,11H,4-7,13H2,1-3H3,(H,14,16)(H,15,17). The molecule has 0 bridgehead atoms. The van der Waals surface area contributed by atoms with Gasteiger partial charge in [0.15, 0.2) is 0 Å². The van der Waals surface area contributed by atoms with Crippen LogP contribution in [0.25, 0.3) is 0 Å². The summed E-state index contributed by atoms with van der Waals surface area (Å²) < 4.78 is 4.91. The van der Waals surface area contributed by atoms with E-state index >= 15 is 0 Å². The van der Waals surface area contributed by atoms with E-state index in [2.05, 4.69) is 10.6 Å². The van der Waals surface area contributed by atoms with Crippen LogP contribution in [0.5, 0.6) is 0 Å². The van der Waals surface area contributed by atoms with Gasteiger partial charge >= 0.3 is 5.97 Å².